The van der Waals surface area contributed by atoms with Gasteiger partial charge in [0.2, 0.25) is 0 Å². The molecule has 0 aromatic heterocycles. The Bertz CT molecular complexity index is 246. The second-order valence-corrected chi connectivity index (χ2v) is 3.36. The second-order valence-electron chi connectivity index (χ2n) is 1.85. The molecule has 0 amide bonds. The van der Waals surface area contributed by atoms with Crippen LogP contribution in [0.25, 0.3) is 0 Å². The van der Waals surface area contributed by atoms with Crippen LogP contribution in [-0.4, -0.2) is 38.0 Å². The molecule has 0 aliphatic heterocycles. The zero-order chi connectivity index (χ0) is 9.94. The van der Waals surface area contributed by atoms with Gasteiger partial charge in [0.25, 0.3) is 0 Å². The standard InChI is InChI=1S/C3H8N3O5P/c4-3(5)6(1-2(7)8)12(9,10)11/h1H2,(H3,4,5)(H,7,8)(H2,9,10,11). The zero-order valence-electron chi connectivity index (χ0n) is 5.84. The first-order valence-corrected chi connectivity index (χ1v) is 4.21. The van der Waals surface area contributed by atoms with Crippen molar-refractivity contribution in [3.8, 4) is 0 Å². The van der Waals surface area contributed by atoms with Gasteiger partial charge in [-0.1, -0.05) is 0 Å². The molecule has 0 atom stereocenters. The van der Waals surface area contributed by atoms with Gasteiger partial charge in [-0.15, -0.1) is 0 Å². The molecule has 0 heterocycles. The van der Waals surface area contributed by atoms with E-state index in [-0.39, 0.29) is 4.67 Å². The third-order valence-electron chi connectivity index (χ3n) is 0.878. The number of hydrogen-bond donors (Lipinski definition) is 5. The number of carboxylic acid groups (broad SMARTS) is 1. The molecule has 0 rings (SSSR count). The molecule has 8 nitrogen and oxygen atoms in total. The summed E-state index contributed by atoms with van der Waals surface area (Å²) in [6.07, 6.45) is 0. The molecule has 70 valence electrons. The van der Waals surface area contributed by atoms with E-state index in [0.29, 0.717) is 0 Å². The number of carbonyl (C=O) groups is 1. The number of aliphatic carboxylic acids is 1. The van der Waals surface area contributed by atoms with Gasteiger partial charge in [0.05, 0.1) is 0 Å². The number of nitrogens with two attached hydrogens (primary N) is 1. The van der Waals surface area contributed by atoms with E-state index in [9.17, 15) is 9.36 Å². The van der Waals surface area contributed by atoms with E-state index in [1.807, 2.05) is 0 Å². The normalized spacial score (nSPS) is 10.8. The van der Waals surface area contributed by atoms with Crippen molar-refractivity contribution in [2.24, 2.45) is 5.73 Å². The molecule has 0 saturated heterocycles. The fourth-order valence-corrected chi connectivity index (χ4v) is 1.03. The van der Waals surface area contributed by atoms with E-state index in [2.05, 4.69) is 0 Å². The number of rotatable bonds is 3. The largest absolute Gasteiger partial charge is 0.480 e. The van der Waals surface area contributed by atoms with Crippen LogP contribution in [0.1, 0.15) is 0 Å². The van der Waals surface area contributed by atoms with Gasteiger partial charge in [-0.3, -0.25) is 10.2 Å². The Morgan fingerprint density at radius 3 is 2.08 bits per heavy atom. The highest BCUT2D eigenvalue weighted by Crippen LogP contribution is 2.38. The summed E-state index contributed by atoms with van der Waals surface area (Å²) in [6.45, 7) is -1.00. The quantitative estimate of drug-likeness (QED) is 0.207. The summed E-state index contributed by atoms with van der Waals surface area (Å²) < 4.78 is 10.4. The minimum atomic E-state index is -4.78. The maximum atomic E-state index is 10.4. The summed E-state index contributed by atoms with van der Waals surface area (Å²) in [5.41, 5.74) is 4.72. The van der Waals surface area contributed by atoms with Crippen molar-refractivity contribution in [1.29, 1.82) is 5.41 Å². The monoisotopic (exact) mass is 197 g/mol. The molecule has 0 aromatic rings. The molecule has 0 unspecified atom stereocenters. The Morgan fingerprint density at radius 1 is 1.58 bits per heavy atom. The summed E-state index contributed by atoms with van der Waals surface area (Å²) in [6, 6.07) is 0. The van der Waals surface area contributed by atoms with Gasteiger partial charge < -0.3 is 20.6 Å². The van der Waals surface area contributed by atoms with Crippen molar-refractivity contribution in [2.45, 2.75) is 0 Å². The topological polar surface area (TPSA) is 148 Å². The molecular formula is C3H8N3O5P. The lowest BCUT2D eigenvalue weighted by Crippen LogP contribution is -2.37. The van der Waals surface area contributed by atoms with E-state index in [1.165, 1.54) is 0 Å². The van der Waals surface area contributed by atoms with Gasteiger partial charge in [-0.05, 0) is 0 Å². The van der Waals surface area contributed by atoms with Gasteiger partial charge in [0.1, 0.15) is 6.54 Å². The Hall–Kier alpha value is -1.11. The van der Waals surface area contributed by atoms with Crippen molar-refractivity contribution < 1.29 is 24.3 Å². The third-order valence-corrected chi connectivity index (χ3v) is 1.86. The fraction of sp³-hybridized carbons (Fsp3) is 0.333. The molecule has 0 aliphatic rings. The Kier molecular flexibility index (Phi) is 3.20. The molecule has 0 spiro atoms. The number of nitrogens with zero attached hydrogens (tertiary/aromatic N) is 1. The molecule has 0 radical (unpaired) electrons. The molecule has 12 heavy (non-hydrogen) atoms. The summed E-state index contributed by atoms with van der Waals surface area (Å²) in [4.78, 5) is 26.9. The number of hydrogen-bond acceptors (Lipinski definition) is 3. The lowest BCUT2D eigenvalue weighted by Gasteiger charge is -2.20. The highest BCUT2D eigenvalue weighted by molar-refractivity contribution is 7.50. The highest BCUT2D eigenvalue weighted by atomic mass is 31.2. The SMILES string of the molecule is N=C(N)N(CC(=O)O)P(=O)(O)O. The van der Waals surface area contributed by atoms with Crippen LogP contribution in [0.2, 0.25) is 0 Å². The van der Waals surface area contributed by atoms with E-state index in [4.69, 9.17) is 26.0 Å². The average Bonchev–Trinajstić information content (AvgIpc) is 1.79. The molecule has 0 fully saturated rings. The van der Waals surface area contributed by atoms with Gasteiger partial charge in [-0.2, -0.15) is 0 Å². The van der Waals surface area contributed by atoms with Gasteiger partial charge in [0.15, 0.2) is 5.96 Å². The first kappa shape index (κ1) is 10.9. The Morgan fingerprint density at radius 2 is 2.00 bits per heavy atom. The maximum Gasteiger partial charge on any atom is 0.432 e. The van der Waals surface area contributed by atoms with Crippen LogP contribution in [0.4, 0.5) is 0 Å². The van der Waals surface area contributed by atoms with Crippen LogP contribution < -0.4 is 5.73 Å². The summed E-state index contributed by atoms with van der Waals surface area (Å²) in [5.74, 6) is -2.46. The number of guanidine groups is 1. The van der Waals surface area contributed by atoms with Gasteiger partial charge in [0, 0.05) is 0 Å². The van der Waals surface area contributed by atoms with E-state index < -0.39 is 26.2 Å². The number of nitrogens with one attached hydrogen (secondary N) is 1. The van der Waals surface area contributed by atoms with E-state index >= 15 is 0 Å². The smallest absolute Gasteiger partial charge is 0.432 e. The van der Waals surface area contributed by atoms with Crippen molar-refractivity contribution in [3.05, 3.63) is 0 Å². The molecule has 0 bridgehead atoms. The van der Waals surface area contributed by atoms with Gasteiger partial charge >= 0.3 is 13.7 Å². The predicted molar refractivity (Wildman–Crippen MR) is 38.3 cm³/mol. The lowest BCUT2D eigenvalue weighted by atomic mass is 10.6. The molecular weight excluding hydrogens is 189 g/mol. The van der Waals surface area contributed by atoms with Crippen LogP contribution in [0, 0.1) is 5.41 Å². The van der Waals surface area contributed by atoms with Gasteiger partial charge in [-0.25, -0.2) is 9.24 Å². The van der Waals surface area contributed by atoms with E-state index in [1.54, 1.807) is 0 Å². The minimum absolute atomic E-state index is 0.0185. The summed E-state index contributed by atoms with van der Waals surface area (Å²) in [7, 11) is -4.78. The first-order chi connectivity index (χ1) is 5.25. The van der Waals surface area contributed by atoms with Crippen LogP contribution in [-0.2, 0) is 9.36 Å². The molecule has 9 heteroatoms. The zero-order valence-corrected chi connectivity index (χ0v) is 6.73. The lowest BCUT2D eigenvalue weighted by molar-refractivity contribution is -0.136. The Labute approximate surface area is 67.3 Å². The molecule has 0 aromatic carbocycles. The highest BCUT2D eigenvalue weighted by Gasteiger charge is 2.28. The Balaban J connectivity index is 4.58. The molecule has 0 saturated carbocycles. The van der Waals surface area contributed by atoms with Crippen molar-refractivity contribution >= 4 is 19.7 Å². The van der Waals surface area contributed by atoms with Crippen molar-refractivity contribution in [2.75, 3.05) is 6.54 Å². The predicted octanol–water partition coefficient (Wildman–Crippen LogP) is -1.64. The first-order valence-electron chi connectivity index (χ1n) is 2.64. The summed E-state index contributed by atoms with van der Waals surface area (Å²) in [5, 5.41) is 14.8. The third kappa shape index (κ3) is 3.33. The van der Waals surface area contributed by atoms with Crippen LogP contribution >= 0.6 is 7.75 Å². The molecule has 0 aliphatic carbocycles. The second kappa shape index (κ2) is 3.53. The number of carboxylic acids is 1. The average molecular weight is 197 g/mol. The van der Waals surface area contributed by atoms with Crippen LogP contribution in [0.3, 0.4) is 0 Å². The van der Waals surface area contributed by atoms with Crippen LogP contribution in [0.15, 0.2) is 0 Å². The summed E-state index contributed by atoms with van der Waals surface area (Å²) >= 11 is 0. The molecule has 6 N–H and O–H groups in total. The maximum absolute atomic E-state index is 10.4. The van der Waals surface area contributed by atoms with E-state index in [0.717, 1.165) is 0 Å². The minimum Gasteiger partial charge on any atom is -0.480 e. The fourth-order valence-electron chi connectivity index (χ4n) is 0.446. The van der Waals surface area contributed by atoms with Crippen LogP contribution in [0.5, 0.6) is 0 Å². The van der Waals surface area contributed by atoms with Crippen molar-refractivity contribution in [3.63, 3.8) is 0 Å². The van der Waals surface area contributed by atoms with Crippen molar-refractivity contribution in [1.82, 2.24) is 4.67 Å².